The van der Waals surface area contributed by atoms with Crippen molar-refractivity contribution in [1.29, 1.82) is 0 Å². The molecule has 0 amide bonds. The third kappa shape index (κ3) is 2.89. The van der Waals surface area contributed by atoms with E-state index in [1.54, 1.807) is 30.3 Å². The van der Waals surface area contributed by atoms with Gasteiger partial charge in [0.2, 0.25) is 0 Å². The highest BCUT2D eigenvalue weighted by Gasteiger charge is 2.28. The van der Waals surface area contributed by atoms with Crippen LogP contribution in [-0.4, -0.2) is 24.6 Å². The van der Waals surface area contributed by atoms with Crippen LogP contribution < -0.4 is 0 Å². The van der Waals surface area contributed by atoms with Crippen LogP contribution in [0.5, 0.6) is 0 Å². The summed E-state index contributed by atoms with van der Waals surface area (Å²) in [4.78, 5) is 14.0. The van der Waals surface area contributed by atoms with Crippen molar-refractivity contribution in [1.82, 2.24) is 0 Å². The fourth-order valence-electron chi connectivity index (χ4n) is 1.03. The summed E-state index contributed by atoms with van der Waals surface area (Å²) in [6.45, 7) is 0. The lowest BCUT2D eigenvalue weighted by Crippen LogP contribution is -2.04. The zero-order chi connectivity index (χ0) is 11.3. The Hall–Kier alpha value is -1.16. The van der Waals surface area contributed by atoms with Crippen molar-refractivity contribution < 1.29 is 18.8 Å². The van der Waals surface area contributed by atoms with Gasteiger partial charge in [0, 0.05) is 12.7 Å². The van der Waals surface area contributed by atoms with Crippen LogP contribution in [0.25, 0.3) is 0 Å². The monoisotopic (exact) mass is 229 g/mol. The molecule has 1 aromatic carbocycles. The standard InChI is InChI=1S/C9H12NO4P/c1-13-10-9(15(11,12)14-2)8-6-4-3-5-7-8/h3-7H,1-2H3,(H,11,12)/b10-9+. The van der Waals surface area contributed by atoms with E-state index in [-0.39, 0.29) is 5.45 Å². The zero-order valence-corrected chi connectivity index (χ0v) is 9.35. The Kier molecular flexibility index (Phi) is 4.03. The molecular formula is C9H12NO4P. The van der Waals surface area contributed by atoms with Gasteiger partial charge in [-0.1, -0.05) is 35.5 Å². The van der Waals surface area contributed by atoms with Crippen LogP contribution in [0.1, 0.15) is 5.56 Å². The summed E-state index contributed by atoms with van der Waals surface area (Å²) < 4.78 is 16.1. The molecule has 15 heavy (non-hydrogen) atoms. The number of benzene rings is 1. The largest absolute Gasteiger partial charge is 0.398 e. The maximum absolute atomic E-state index is 11.6. The molecule has 0 radical (unpaired) electrons. The van der Waals surface area contributed by atoms with Crippen LogP contribution in [-0.2, 0) is 13.9 Å². The zero-order valence-electron chi connectivity index (χ0n) is 8.45. The summed E-state index contributed by atoms with van der Waals surface area (Å²) in [7, 11) is -1.45. The number of hydrogen-bond acceptors (Lipinski definition) is 4. The highest BCUT2D eigenvalue weighted by molar-refractivity contribution is 7.72. The summed E-state index contributed by atoms with van der Waals surface area (Å²) in [5, 5.41) is 3.52. The molecule has 0 spiro atoms. The molecule has 1 rings (SSSR count). The van der Waals surface area contributed by atoms with Gasteiger partial charge in [-0.25, -0.2) is 0 Å². The van der Waals surface area contributed by atoms with Gasteiger partial charge < -0.3 is 14.3 Å². The molecule has 82 valence electrons. The average Bonchev–Trinajstić information content (AvgIpc) is 2.27. The third-order valence-electron chi connectivity index (χ3n) is 1.72. The SMILES string of the molecule is CO/N=C(\c1ccccc1)P(=O)(O)OC. The van der Waals surface area contributed by atoms with Gasteiger partial charge in [-0.05, 0) is 0 Å². The van der Waals surface area contributed by atoms with Gasteiger partial charge in [0.05, 0.1) is 0 Å². The number of oxime groups is 1. The van der Waals surface area contributed by atoms with Gasteiger partial charge in [-0.15, -0.1) is 0 Å². The summed E-state index contributed by atoms with van der Waals surface area (Å²) in [5.41, 5.74) is 0.389. The fourth-order valence-corrected chi connectivity index (χ4v) is 1.86. The predicted molar refractivity (Wildman–Crippen MR) is 56.8 cm³/mol. The quantitative estimate of drug-likeness (QED) is 0.485. The number of hydrogen-bond donors (Lipinski definition) is 1. The van der Waals surface area contributed by atoms with E-state index in [2.05, 4.69) is 14.5 Å². The summed E-state index contributed by atoms with van der Waals surface area (Å²) in [6, 6.07) is 8.56. The van der Waals surface area contributed by atoms with Crippen molar-refractivity contribution in [3.8, 4) is 0 Å². The van der Waals surface area contributed by atoms with E-state index in [1.165, 1.54) is 7.11 Å². The normalized spacial score (nSPS) is 15.8. The number of nitrogens with zero attached hydrogens (tertiary/aromatic N) is 1. The molecule has 0 fully saturated rings. The minimum atomic E-state index is -3.90. The molecule has 0 bridgehead atoms. The molecule has 0 heterocycles. The average molecular weight is 229 g/mol. The van der Waals surface area contributed by atoms with Gasteiger partial charge >= 0.3 is 7.60 Å². The Morgan fingerprint density at radius 3 is 2.40 bits per heavy atom. The molecule has 0 aromatic heterocycles. The van der Waals surface area contributed by atoms with Crippen LogP contribution in [0, 0.1) is 0 Å². The van der Waals surface area contributed by atoms with Crippen LogP contribution in [0.3, 0.4) is 0 Å². The second kappa shape index (κ2) is 5.07. The molecule has 0 aliphatic heterocycles. The van der Waals surface area contributed by atoms with E-state index in [9.17, 15) is 9.46 Å². The molecule has 0 saturated heterocycles. The molecule has 1 aromatic rings. The molecule has 1 N–H and O–H groups in total. The summed E-state index contributed by atoms with van der Waals surface area (Å²) in [5.74, 6) is 0. The van der Waals surface area contributed by atoms with Gasteiger partial charge in [0.1, 0.15) is 7.11 Å². The molecule has 5 nitrogen and oxygen atoms in total. The Bertz CT molecular complexity index is 390. The molecule has 0 saturated carbocycles. The maximum Gasteiger partial charge on any atom is 0.380 e. The number of rotatable bonds is 4. The minimum Gasteiger partial charge on any atom is -0.398 e. The van der Waals surface area contributed by atoms with Crippen molar-refractivity contribution in [2.45, 2.75) is 0 Å². The first-order chi connectivity index (χ1) is 7.11. The molecular weight excluding hydrogens is 217 g/mol. The van der Waals surface area contributed by atoms with E-state index in [4.69, 9.17) is 0 Å². The maximum atomic E-state index is 11.6. The van der Waals surface area contributed by atoms with Crippen LogP contribution in [0.15, 0.2) is 35.5 Å². The fraction of sp³-hybridized carbons (Fsp3) is 0.222. The lowest BCUT2D eigenvalue weighted by atomic mass is 10.2. The van der Waals surface area contributed by atoms with Gasteiger partial charge in [0.15, 0.2) is 5.45 Å². The Morgan fingerprint density at radius 1 is 1.33 bits per heavy atom. The first-order valence-corrected chi connectivity index (χ1v) is 5.75. The van der Waals surface area contributed by atoms with Crippen molar-refractivity contribution in [3.63, 3.8) is 0 Å². The van der Waals surface area contributed by atoms with Crippen molar-refractivity contribution in [2.24, 2.45) is 5.16 Å². The predicted octanol–water partition coefficient (Wildman–Crippen LogP) is 1.83. The smallest absolute Gasteiger partial charge is 0.380 e. The lowest BCUT2D eigenvalue weighted by Gasteiger charge is -2.10. The van der Waals surface area contributed by atoms with Gasteiger partial charge in [-0.3, -0.25) is 4.57 Å². The first kappa shape index (κ1) is 11.9. The molecule has 6 heteroatoms. The van der Waals surface area contributed by atoms with E-state index in [0.717, 1.165) is 7.11 Å². The van der Waals surface area contributed by atoms with Crippen molar-refractivity contribution in [2.75, 3.05) is 14.2 Å². The summed E-state index contributed by atoms with van der Waals surface area (Å²) >= 11 is 0. The van der Waals surface area contributed by atoms with Gasteiger partial charge in [-0.2, -0.15) is 0 Å². The molecule has 0 aliphatic carbocycles. The summed E-state index contributed by atoms with van der Waals surface area (Å²) in [6.07, 6.45) is 0. The molecule has 0 aliphatic rings. The minimum absolute atomic E-state index is 0.104. The second-order valence-electron chi connectivity index (χ2n) is 2.67. The highest BCUT2D eigenvalue weighted by Crippen LogP contribution is 2.45. The topological polar surface area (TPSA) is 68.1 Å². The van der Waals surface area contributed by atoms with E-state index < -0.39 is 7.60 Å². The van der Waals surface area contributed by atoms with E-state index >= 15 is 0 Å². The van der Waals surface area contributed by atoms with Crippen molar-refractivity contribution in [3.05, 3.63) is 35.9 Å². The third-order valence-corrected chi connectivity index (χ3v) is 3.09. The van der Waals surface area contributed by atoms with Crippen LogP contribution >= 0.6 is 7.60 Å². The second-order valence-corrected chi connectivity index (χ2v) is 4.50. The molecule has 1 atom stereocenters. The van der Waals surface area contributed by atoms with Crippen molar-refractivity contribution >= 4 is 13.0 Å². The lowest BCUT2D eigenvalue weighted by molar-refractivity contribution is 0.213. The first-order valence-electron chi connectivity index (χ1n) is 4.17. The Balaban J connectivity index is 3.17. The van der Waals surface area contributed by atoms with Gasteiger partial charge in [0.25, 0.3) is 0 Å². The van der Waals surface area contributed by atoms with E-state index in [1.807, 2.05) is 0 Å². The van der Waals surface area contributed by atoms with Crippen LogP contribution in [0.4, 0.5) is 0 Å². The van der Waals surface area contributed by atoms with E-state index in [0.29, 0.717) is 5.56 Å². The Morgan fingerprint density at radius 2 is 1.93 bits per heavy atom. The Labute approximate surface area is 87.9 Å². The highest BCUT2D eigenvalue weighted by atomic mass is 31.2. The molecule has 1 unspecified atom stereocenters. The van der Waals surface area contributed by atoms with Crippen LogP contribution in [0.2, 0.25) is 0 Å².